The largest absolute Gasteiger partial charge is 0.390 e. The van der Waals surface area contributed by atoms with Crippen molar-refractivity contribution in [2.75, 3.05) is 13.6 Å². The first-order valence-electron chi connectivity index (χ1n) is 7.89. The van der Waals surface area contributed by atoms with E-state index in [-0.39, 0.29) is 12.6 Å². The van der Waals surface area contributed by atoms with Crippen molar-refractivity contribution in [3.63, 3.8) is 0 Å². The minimum atomic E-state index is -4.16. The first-order valence-corrected chi connectivity index (χ1v) is 7.89. The Morgan fingerprint density at radius 3 is 2.83 bits per heavy atom. The van der Waals surface area contributed by atoms with Crippen LogP contribution >= 0.6 is 0 Å². The predicted molar refractivity (Wildman–Crippen MR) is 83.6 cm³/mol. The third kappa shape index (κ3) is 5.14. The smallest absolute Gasteiger partial charge is 0.356 e. The molecule has 0 amide bonds. The van der Waals surface area contributed by atoms with E-state index >= 15 is 0 Å². The van der Waals surface area contributed by atoms with Crippen LogP contribution in [0.5, 0.6) is 0 Å². The minimum Gasteiger partial charge on any atom is -0.356 e. The van der Waals surface area contributed by atoms with Crippen LogP contribution in [0.15, 0.2) is 11.2 Å². The standard InChI is InChI=1S/C15H24F3N5/c1-10(2)23-9-11-4-5-12(8-13(11)22-23)21-14(19-3)20-7-6-15(16,17)18/h9-10,12H,4-8H2,1-3H3,(H2,19,20,21). The fraction of sp³-hybridized carbons (Fsp3) is 0.733. The Labute approximate surface area is 134 Å². The number of fused-ring (bicyclic) bond motifs is 1. The second kappa shape index (κ2) is 7.23. The van der Waals surface area contributed by atoms with Crippen molar-refractivity contribution in [2.24, 2.45) is 4.99 Å². The van der Waals surface area contributed by atoms with Crippen LogP contribution in [0.25, 0.3) is 0 Å². The SMILES string of the molecule is CN=C(NCCC(F)(F)F)NC1CCc2cn(C(C)C)nc2C1. The van der Waals surface area contributed by atoms with Crippen LogP contribution in [0.4, 0.5) is 13.2 Å². The van der Waals surface area contributed by atoms with E-state index in [2.05, 4.69) is 40.8 Å². The first kappa shape index (κ1) is 17.6. The summed E-state index contributed by atoms with van der Waals surface area (Å²) in [5.74, 6) is 0.408. The lowest BCUT2D eigenvalue weighted by atomic mass is 9.94. The Balaban J connectivity index is 1.88. The summed E-state index contributed by atoms with van der Waals surface area (Å²) in [6.07, 6.45) is -0.353. The van der Waals surface area contributed by atoms with Crippen LogP contribution in [0.1, 0.15) is 44.0 Å². The fourth-order valence-corrected chi connectivity index (χ4v) is 2.61. The van der Waals surface area contributed by atoms with Crippen LogP contribution in [-0.4, -0.2) is 41.6 Å². The fourth-order valence-electron chi connectivity index (χ4n) is 2.61. The van der Waals surface area contributed by atoms with Gasteiger partial charge < -0.3 is 10.6 Å². The molecule has 0 spiro atoms. The molecule has 5 nitrogen and oxygen atoms in total. The molecular formula is C15H24F3N5. The van der Waals surface area contributed by atoms with E-state index in [1.165, 1.54) is 5.56 Å². The third-order valence-corrected chi connectivity index (χ3v) is 3.89. The van der Waals surface area contributed by atoms with E-state index in [1.54, 1.807) is 7.05 Å². The van der Waals surface area contributed by atoms with Crippen LogP contribution in [0.2, 0.25) is 0 Å². The maximum Gasteiger partial charge on any atom is 0.390 e. The maximum absolute atomic E-state index is 12.2. The van der Waals surface area contributed by atoms with Gasteiger partial charge in [0.25, 0.3) is 0 Å². The zero-order chi connectivity index (χ0) is 17.0. The van der Waals surface area contributed by atoms with Gasteiger partial charge in [0.2, 0.25) is 0 Å². The topological polar surface area (TPSA) is 54.2 Å². The van der Waals surface area contributed by atoms with Gasteiger partial charge in [-0.15, -0.1) is 0 Å². The van der Waals surface area contributed by atoms with E-state index in [9.17, 15) is 13.2 Å². The summed E-state index contributed by atoms with van der Waals surface area (Å²) in [7, 11) is 1.56. The average molecular weight is 331 g/mol. The number of alkyl halides is 3. The summed E-state index contributed by atoms with van der Waals surface area (Å²) in [5, 5.41) is 10.5. The van der Waals surface area contributed by atoms with Crippen molar-refractivity contribution in [3.8, 4) is 0 Å². The lowest BCUT2D eigenvalue weighted by Gasteiger charge is -2.24. The van der Waals surface area contributed by atoms with E-state index in [0.717, 1.165) is 25.0 Å². The van der Waals surface area contributed by atoms with Gasteiger partial charge in [0.05, 0.1) is 12.1 Å². The van der Waals surface area contributed by atoms with E-state index < -0.39 is 12.6 Å². The Morgan fingerprint density at radius 1 is 1.48 bits per heavy atom. The molecule has 2 N–H and O–H groups in total. The predicted octanol–water partition coefficient (Wildman–Crippen LogP) is 2.44. The molecule has 0 radical (unpaired) electrons. The Bertz CT molecular complexity index is 548. The first-order chi connectivity index (χ1) is 10.8. The summed E-state index contributed by atoms with van der Waals surface area (Å²) in [4.78, 5) is 3.99. The Kier molecular flexibility index (Phi) is 5.54. The highest BCUT2D eigenvalue weighted by atomic mass is 19.4. The van der Waals surface area contributed by atoms with E-state index in [4.69, 9.17) is 0 Å². The number of aliphatic imine (C=N–C) groups is 1. The lowest BCUT2D eigenvalue weighted by Crippen LogP contribution is -2.46. The average Bonchev–Trinajstić information content (AvgIpc) is 2.88. The van der Waals surface area contributed by atoms with Crippen LogP contribution < -0.4 is 10.6 Å². The number of nitrogens with zero attached hydrogens (tertiary/aromatic N) is 3. The summed E-state index contributed by atoms with van der Waals surface area (Å²) < 4.78 is 38.5. The molecule has 0 saturated carbocycles. The zero-order valence-electron chi connectivity index (χ0n) is 13.7. The maximum atomic E-state index is 12.2. The third-order valence-electron chi connectivity index (χ3n) is 3.89. The van der Waals surface area contributed by atoms with Crippen molar-refractivity contribution >= 4 is 5.96 Å². The van der Waals surface area contributed by atoms with E-state index in [0.29, 0.717) is 12.0 Å². The van der Waals surface area contributed by atoms with Crippen LogP contribution in [0.3, 0.4) is 0 Å². The summed E-state index contributed by atoms with van der Waals surface area (Å²) >= 11 is 0. The number of nitrogens with one attached hydrogen (secondary N) is 2. The van der Waals surface area contributed by atoms with Gasteiger partial charge in [-0.3, -0.25) is 9.67 Å². The summed E-state index contributed by atoms with van der Waals surface area (Å²) in [6, 6.07) is 0.457. The van der Waals surface area contributed by atoms with Gasteiger partial charge in [0.15, 0.2) is 5.96 Å². The van der Waals surface area contributed by atoms with Gasteiger partial charge in [0, 0.05) is 38.3 Å². The summed E-state index contributed by atoms with van der Waals surface area (Å²) in [6.45, 7) is 3.99. The second-order valence-corrected chi connectivity index (χ2v) is 6.12. The van der Waals surface area contributed by atoms with Crippen molar-refractivity contribution in [2.45, 2.75) is 57.8 Å². The van der Waals surface area contributed by atoms with Crippen LogP contribution in [0, 0.1) is 0 Å². The molecule has 2 rings (SSSR count). The number of hydrogen-bond donors (Lipinski definition) is 2. The highest BCUT2D eigenvalue weighted by molar-refractivity contribution is 5.80. The van der Waals surface area contributed by atoms with Gasteiger partial charge in [-0.2, -0.15) is 18.3 Å². The molecular weight excluding hydrogens is 307 g/mol. The van der Waals surface area contributed by atoms with Crippen LogP contribution in [-0.2, 0) is 12.8 Å². The molecule has 0 aromatic carbocycles. The van der Waals surface area contributed by atoms with Gasteiger partial charge in [-0.1, -0.05) is 0 Å². The quantitative estimate of drug-likeness (QED) is 0.658. The molecule has 23 heavy (non-hydrogen) atoms. The monoisotopic (exact) mass is 331 g/mol. The number of guanidine groups is 1. The Hall–Kier alpha value is -1.73. The zero-order valence-corrected chi connectivity index (χ0v) is 13.7. The number of rotatable bonds is 4. The molecule has 1 aromatic rings. The molecule has 0 bridgehead atoms. The number of aryl methyl sites for hydroxylation is 1. The number of halogens is 3. The molecule has 0 fully saturated rings. The normalized spacial score (nSPS) is 18.9. The number of hydrogen-bond acceptors (Lipinski definition) is 2. The highest BCUT2D eigenvalue weighted by Crippen LogP contribution is 2.22. The molecule has 0 saturated heterocycles. The molecule has 1 aliphatic rings. The van der Waals surface area contributed by atoms with Gasteiger partial charge in [-0.05, 0) is 32.3 Å². The molecule has 1 atom stereocenters. The van der Waals surface area contributed by atoms with Crippen molar-refractivity contribution in [3.05, 3.63) is 17.5 Å². The molecule has 1 heterocycles. The van der Waals surface area contributed by atoms with E-state index in [1.807, 2.05) is 4.68 Å². The minimum absolute atomic E-state index is 0.134. The molecule has 130 valence electrons. The van der Waals surface area contributed by atoms with Crippen molar-refractivity contribution in [1.82, 2.24) is 20.4 Å². The molecule has 0 aliphatic heterocycles. The summed E-state index contributed by atoms with van der Waals surface area (Å²) in [5.41, 5.74) is 2.32. The molecule has 1 unspecified atom stereocenters. The van der Waals surface area contributed by atoms with Crippen molar-refractivity contribution < 1.29 is 13.2 Å². The van der Waals surface area contributed by atoms with Gasteiger partial charge in [0.1, 0.15) is 0 Å². The van der Waals surface area contributed by atoms with Crippen molar-refractivity contribution in [1.29, 1.82) is 0 Å². The molecule has 1 aromatic heterocycles. The Morgan fingerprint density at radius 2 is 2.22 bits per heavy atom. The highest BCUT2D eigenvalue weighted by Gasteiger charge is 2.27. The molecule has 8 heteroatoms. The van der Waals surface area contributed by atoms with Gasteiger partial charge >= 0.3 is 6.18 Å². The second-order valence-electron chi connectivity index (χ2n) is 6.12. The number of aromatic nitrogens is 2. The molecule has 1 aliphatic carbocycles. The van der Waals surface area contributed by atoms with Gasteiger partial charge in [-0.25, -0.2) is 0 Å². The lowest BCUT2D eigenvalue weighted by molar-refractivity contribution is -0.132.